The van der Waals surface area contributed by atoms with Crippen LogP contribution in [-0.2, 0) is 4.79 Å². The van der Waals surface area contributed by atoms with Crippen LogP contribution in [0.15, 0.2) is 0 Å². The van der Waals surface area contributed by atoms with E-state index in [4.69, 9.17) is 5.11 Å². The van der Waals surface area contributed by atoms with Crippen molar-refractivity contribution < 1.29 is 15.0 Å². The Hall–Kier alpha value is -0.610. The van der Waals surface area contributed by atoms with Crippen molar-refractivity contribution in [3.8, 4) is 0 Å². The van der Waals surface area contributed by atoms with Crippen LogP contribution in [0, 0.1) is 5.92 Å². The molecule has 1 aliphatic carbocycles. The summed E-state index contributed by atoms with van der Waals surface area (Å²) in [6.07, 6.45) is 6.16. The minimum atomic E-state index is -1.60. The Bertz CT molecular complexity index is 277. The fourth-order valence-corrected chi connectivity index (χ4v) is 3.16. The summed E-state index contributed by atoms with van der Waals surface area (Å²) in [7, 11) is 0. The summed E-state index contributed by atoms with van der Waals surface area (Å²) in [5.74, 6) is -0.384. The number of fused-ring (bicyclic) bond motifs is 1. The van der Waals surface area contributed by atoms with Gasteiger partial charge in [-0.3, -0.25) is 4.90 Å². The Balaban J connectivity index is 1.98. The zero-order valence-electron chi connectivity index (χ0n) is 9.85. The van der Waals surface area contributed by atoms with Crippen LogP contribution in [-0.4, -0.2) is 45.8 Å². The van der Waals surface area contributed by atoms with Gasteiger partial charge in [0.05, 0.1) is 0 Å². The van der Waals surface area contributed by atoms with Crippen molar-refractivity contribution in [3.63, 3.8) is 0 Å². The molecule has 2 aliphatic rings. The van der Waals surface area contributed by atoms with Crippen LogP contribution < -0.4 is 0 Å². The normalized spacial score (nSPS) is 34.4. The van der Waals surface area contributed by atoms with E-state index in [0.29, 0.717) is 6.04 Å². The second-order valence-corrected chi connectivity index (χ2v) is 5.45. The van der Waals surface area contributed by atoms with E-state index < -0.39 is 11.6 Å². The summed E-state index contributed by atoms with van der Waals surface area (Å²) in [4.78, 5) is 13.1. The third-order valence-electron chi connectivity index (χ3n) is 4.10. The highest BCUT2D eigenvalue weighted by Crippen LogP contribution is 2.36. The van der Waals surface area contributed by atoms with Crippen molar-refractivity contribution in [2.75, 3.05) is 13.1 Å². The maximum absolute atomic E-state index is 10.9. The molecular weight excluding hydrogens is 206 g/mol. The molecule has 2 rings (SSSR count). The molecule has 0 radical (unpaired) electrons. The monoisotopic (exact) mass is 227 g/mol. The number of carboxylic acids is 1. The molecule has 0 aromatic rings. The highest BCUT2D eigenvalue weighted by molar-refractivity contribution is 5.76. The van der Waals surface area contributed by atoms with Gasteiger partial charge in [-0.2, -0.15) is 0 Å². The lowest BCUT2D eigenvalue weighted by atomic mass is 9.85. The van der Waals surface area contributed by atoms with E-state index in [2.05, 4.69) is 4.90 Å². The van der Waals surface area contributed by atoms with E-state index in [9.17, 15) is 9.90 Å². The van der Waals surface area contributed by atoms with E-state index >= 15 is 0 Å². The summed E-state index contributed by atoms with van der Waals surface area (Å²) in [5, 5.41) is 18.7. The molecule has 3 unspecified atom stereocenters. The van der Waals surface area contributed by atoms with Crippen molar-refractivity contribution in [1.82, 2.24) is 4.90 Å². The minimum absolute atomic E-state index is 0.267. The number of carboxylic acid groups (broad SMARTS) is 1. The fourth-order valence-electron chi connectivity index (χ4n) is 3.16. The number of carbonyl (C=O) groups is 1. The van der Waals surface area contributed by atoms with Gasteiger partial charge in [0, 0.05) is 12.6 Å². The molecule has 3 atom stereocenters. The van der Waals surface area contributed by atoms with Gasteiger partial charge in [0.1, 0.15) is 0 Å². The van der Waals surface area contributed by atoms with E-state index in [1.165, 1.54) is 39.0 Å². The molecular formula is C12H21NO3. The molecule has 0 bridgehead atoms. The van der Waals surface area contributed by atoms with E-state index in [-0.39, 0.29) is 6.54 Å². The molecule has 1 heterocycles. The Morgan fingerprint density at radius 3 is 2.75 bits per heavy atom. The Morgan fingerprint density at radius 1 is 1.38 bits per heavy atom. The second-order valence-electron chi connectivity index (χ2n) is 5.45. The van der Waals surface area contributed by atoms with Gasteiger partial charge in [0.15, 0.2) is 5.60 Å². The minimum Gasteiger partial charge on any atom is -0.479 e. The number of aliphatic carboxylic acids is 1. The standard InChI is InChI=1S/C12H21NO3/c1-12(16,11(14)15)8-13-7-6-9-4-2-3-5-10(9)13/h9-10,16H,2-8H2,1H3,(H,14,15). The number of hydrogen-bond donors (Lipinski definition) is 2. The van der Waals surface area contributed by atoms with Crippen LogP contribution in [0.1, 0.15) is 39.0 Å². The summed E-state index contributed by atoms with van der Waals surface area (Å²) in [5.41, 5.74) is -1.60. The lowest BCUT2D eigenvalue weighted by Crippen LogP contribution is -2.49. The van der Waals surface area contributed by atoms with Crippen LogP contribution in [0.5, 0.6) is 0 Å². The van der Waals surface area contributed by atoms with Gasteiger partial charge >= 0.3 is 5.97 Å². The largest absolute Gasteiger partial charge is 0.479 e. The fraction of sp³-hybridized carbons (Fsp3) is 0.917. The van der Waals surface area contributed by atoms with Gasteiger partial charge in [0.2, 0.25) is 0 Å². The van der Waals surface area contributed by atoms with E-state index in [1.54, 1.807) is 0 Å². The van der Waals surface area contributed by atoms with E-state index in [1.807, 2.05) is 0 Å². The van der Waals surface area contributed by atoms with Crippen molar-refractivity contribution >= 4 is 5.97 Å². The molecule has 2 fully saturated rings. The van der Waals surface area contributed by atoms with Gasteiger partial charge in [-0.15, -0.1) is 0 Å². The van der Waals surface area contributed by atoms with Crippen LogP contribution >= 0.6 is 0 Å². The summed E-state index contributed by atoms with van der Waals surface area (Å²) in [6, 6.07) is 0.513. The molecule has 1 saturated carbocycles. The van der Waals surface area contributed by atoms with E-state index in [0.717, 1.165) is 12.5 Å². The first-order chi connectivity index (χ1) is 7.50. The topological polar surface area (TPSA) is 60.8 Å². The third kappa shape index (κ3) is 2.23. The van der Waals surface area contributed by atoms with Crippen molar-refractivity contribution in [3.05, 3.63) is 0 Å². The molecule has 0 aromatic carbocycles. The summed E-state index contributed by atoms with van der Waals surface area (Å²) >= 11 is 0. The predicted octanol–water partition coefficient (Wildman–Crippen LogP) is 1.09. The highest BCUT2D eigenvalue weighted by Gasteiger charge is 2.41. The zero-order valence-corrected chi connectivity index (χ0v) is 9.85. The van der Waals surface area contributed by atoms with Crippen molar-refractivity contribution in [2.45, 2.75) is 50.7 Å². The highest BCUT2D eigenvalue weighted by atomic mass is 16.4. The van der Waals surface area contributed by atoms with Crippen molar-refractivity contribution in [2.24, 2.45) is 5.92 Å². The van der Waals surface area contributed by atoms with Gasteiger partial charge in [0.25, 0.3) is 0 Å². The first kappa shape index (κ1) is 11.9. The SMILES string of the molecule is CC(O)(CN1CCC2CCCCC21)C(=O)O. The molecule has 4 heteroatoms. The number of rotatable bonds is 3. The molecule has 16 heavy (non-hydrogen) atoms. The quantitative estimate of drug-likeness (QED) is 0.757. The molecule has 0 aromatic heterocycles. The van der Waals surface area contributed by atoms with Gasteiger partial charge in [-0.25, -0.2) is 4.79 Å². The number of hydrogen-bond acceptors (Lipinski definition) is 3. The lowest BCUT2D eigenvalue weighted by molar-refractivity contribution is -0.158. The van der Waals surface area contributed by atoms with Crippen LogP contribution in [0.4, 0.5) is 0 Å². The Morgan fingerprint density at radius 2 is 2.06 bits per heavy atom. The van der Waals surface area contributed by atoms with Gasteiger partial charge in [-0.1, -0.05) is 12.8 Å². The number of likely N-dealkylation sites (tertiary alicyclic amines) is 1. The second kappa shape index (κ2) is 4.34. The number of β-amino-alcohol motifs (C(OH)–C–C–N with tert-alkyl or cyclic N) is 1. The summed E-state index contributed by atoms with van der Waals surface area (Å²) < 4.78 is 0. The first-order valence-corrected chi connectivity index (χ1v) is 6.20. The Kier molecular flexibility index (Phi) is 3.22. The maximum Gasteiger partial charge on any atom is 0.336 e. The van der Waals surface area contributed by atoms with Gasteiger partial charge in [-0.05, 0) is 38.6 Å². The van der Waals surface area contributed by atoms with Crippen LogP contribution in [0.25, 0.3) is 0 Å². The molecule has 1 aliphatic heterocycles. The number of nitrogens with zero attached hydrogens (tertiary/aromatic N) is 1. The first-order valence-electron chi connectivity index (χ1n) is 6.20. The third-order valence-corrected chi connectivity index (χ3v) is 4.10. The lowest BCUT2D eigenvalue weighted by Gasteiger charge is -2.34. The smallest absolute Gasteiger partial charge is 0.336 e. The average molecular weight is 227 g/mol. The summed E-state index contributed by atoms with van der Waals surface area (Å²) in [6.45, 7) is 2.60. The van der Waals surface area contributed by atoms with Crippen LogP contribution in [0.2, 0.25) is 0 Å². The molecule has 0 spiro atoms. The predicted molar refractivity (Wildman–Crippen MR) is 60.2 cm³/mol. The molecule has 4 nitrogen and oxygen atoms in total. The molecule has 92 valence electrons. The van der Waals surface area contributed by atoms with Gasteiger partial charge < -0.3 is 10.2 Å². The van der Waals surface area contributed by atoms with Crippen LogP contribution in [0.3, 0.4) is 0 Å². The molecule has 0 amide bonds. The average Bonchev–Trinajstić information content (AvgIpc) is 2.61. The Labute approximate surface area is 96.3 Å². The molecule has 1 saturated heterocycles. The molecule has 2 N–H and O–H groups in total. The zero-order chi connectivity index (χ0) is 11.8. The maximum atomic E-state index is 10.9. The van der Waals surface area contributed by atoms with Crippen molar-refractivity contribution in [1.29, 1.82) is 0 Å². The number of aliphatic hydroxyl groups is 1.